The van der Waals surface area contributed by atoms with Crippen molar-refractivity contribution in [1.29, 1.82) is 0 Å². The smallest absolute Gasteiger partial charge is 0.191 e. The Hall–Kier alpha value is -1.96. The number of nitrogens with one attached hydrogen (secondary N) is 2. The van der Waals surface area contributed by atoms with E-state index in [0.717, 1.165) is 36.0 Å². The van der Waals surface area contributed by atoms with Gasteiger partial charge in [-0.05, 0) is 31.0 Å². The number of nitrogens with zero attached hydrogens (tertiary/aromatic N) is 1. The molecular weight excluding hydrogens is 441 g/mol. The molecule has 6 heteroatoms. The van der Waals surface area contributed by atoms with Gasteiger partial charge in [-0.1, -0.05) is 35.9 Å². The molecule has 2 aromatic rings. The molecular formula is C20H28IN3O2. The number of aryl methyl sites for hydroxylation is 1. The quantitative estimate of drug-likeness (QED) is 0.370. The summed E-state index contributed by atoms with van der Waals surface area (Å²) in [6.07, 6.45) is 0.861. The van der Waals surface area contributed by atoms with Crippen LogP contribution in [-0.4, -0.2) is 33.8 Å². The van der Waals surface area contributed by atoms with Gasteiger partial charge in [0.1, 0.15) is 11.5 Å². The first-order valence-electron chi connectivity index (χ1n) is 8.38. The molecule has 0 spiro atoms. The Bertz CT molecular complexity index is 720. The molecule has 0 heterocycles. The SMILES string of the molecule is CN=C(NCCc1cc(C)ccc1OC)NCc1ccccc1OC.I. The zero-order chi connectivity index (χ0) is 18.1. The summed E-state index contributed by atoms with van der Waals surface area (Å²) >= 11 is 0. The monoisotopic (exact) mass is 469 g/mol. The average molecular weight is 469 g/mol. The molecule has 0 amide bonds. The van der Waals surface area contributed by atoms with Gasteiger partial charge in [-0.3, -0.25) is 4.99 Å². The minimum absolute atomic E-state index is 0. The minimum atomic E-state index is 0. The van der Waals surface area contributed by atoms with Gasteiger partial charge in [-0.15, -0.1) is 24.0 Å². The van der Waals surface area contributed by atoms with Gasteiger partial charge in [0.05, 0.1) is 14.2 Å². The van der Waals surface area contributed by atoms with E-state index in [4.69, 9.17) is 9.47 Å². The molecule has 0 radical (unpaired) electrons. The van der Waals surface area contributed by atoms with E-state index in [1.807, 2.05) is 30.3 Å². The highest BCUT2D eigenvalue weighted by atomic mass is 127. The van der Waals surface area contributed by atoms with Crippen LogP contribution in [0.3, 0.4) is 0 Å². The summed E-state index contributed by atoms with van der Waals surface area (Å²) in [5.41, 5.74) is 3.51. The lowest BCUT2D eigenvalue weighted by molar-refractivity contribution is 0.408. The summed E-state index contributed by atoms with van der Waals surface area (Å²) in [4.78, 5) is 4.27. The molecule has 0 fully saturated rings. The lowest BCUT2D eigenvalue weighted by Crippen LogP contribution is -2.37. The van der Waals surface area contributed by atoms with Gasteiger partial charge in [0.2, 0.25) is 0 Å². The van der Waals surface area contributed by atoms with Gasteiger partial charge in [0, 0.05) is 25.7 Å². The van der Waals surface area contributed by atoms with E-state index >= 15 is 0 Å². The zero-order valence-electron chi connectivity index (χ0n) is 15.8. The molecule has 142 valence electrons. The Labute approximate surface area is 173 Å². The number of methoxy groups -OCH3 is 2. The van der Waals surface area contributed by atoms with Crippen LogP contribution in [0.15, 0.2) is 47.5 Å². The summed E-state index contributed by atoms with van der Waals surface area (Å²) in [6.45, 7) is 3.51. The van der Waals surface area contributed by atoms with Gasteiger partial charge >= 0.3 is 0 Å². The topological polar surface area (TPSA) is 54.9 Å². The van der Waals surface area contributed by atoms with E-state index in [-0.39, 0.29) is 24.0 Å². The second-order valence-corrected chi connectivity index (χ2v) is 5.73. The molecule has 0 unspecified atom stereocenters. The van der Waals surface area contributed by atoms with Gasteiger partial charge in [0.15, 0.2) is 5.96 Å². The summed E-state index contributed by atoms with van der Waals surface area (Å²) in [7, 11) is 5.15. The van der Waals surface area contributed by atoms with Crippen molar-refractivity contribution < 1.29 is 9.47 Å². The largest absolute Gasteiger partial charge is 0.496 e. The molecule has 0 atom stereocenters. The summed E-state index contributed by atoms with van der Waals surface area (Å²) < 4.78 is 10.8. The maximum absolute atomic E-state index is 5.43. The number of aliphatic imine (C=N–C) groups is 1. The van der Waals surface area contributed by atoms with E-state index < -0.39 is 0 Å². The van der Waals surface area contributed by atoms with Crippen LogP contribution in [0.25, 0.3) is 0 Å². The molecule has 2 N–H and O–H groups in total. The fourth-order valence-electron chi connectivity index (χ4n) is 2.67. The van der Waals surface area contributed by atoms with Crippen LogP contribution in [0.4, 0.5) is 0 Å². The normalized spacial score (nSPS) is 10.7. The Morgan fingerprint density at radius 1 is 0.962 bits per heavy atom. The van der Waals surface area contributed by atoms with Crippen molar-refractivity contribution >= 4 is 29.9 Å². The highest BCUT2D eigenvalue weighted by Crippen LogP contribution is 2.20. The lowest BCUT2D eigenvalue weighted by Gasteiger charge is -2.14. The molecule has 5 nitrogen and oxygen atoms in total. The number of benzene rings is 2. The predicted octanol–water partition coefficient (Wildman–Crippen LogP) is 3.54. The molecule has 0 bridgehead atoms. The third-order valence-electron chi connectivity index (χ3n) is 3.99. The molecule has 0 aliphatic rings. The average Bonchev–Trinajstić information content (AvgIpc) is 2.65. The van der Waals surface area contributed by atoms with Crippen molar-refractivity contribution in [3.8, 4) is 11.5 Å². The molecule has 0 saturated heterocycles. The lowest BCUT2D eigenvalue weighted by atomic mass is 10.1. The zero-order valence-corrected chi connectivity index (χ0v) is 18.2. The van der Waals surface area contributed by atoms with Crippen molar-refractivity contribution in [3.63, 3.8) is 0 Å². The van der Waals surface area contributed by atoms with E-state index in [9.17, 15) is 0 Å². The predicted molar refractivity (Wildman–Crippen MR) is 118 cm³/mol. The van der Waals surface area contributed by atoms with Gasteiger partial charge in [0.25, 0.3) is 0 Å². The second kappa shape index (κ2) is 11.6. The molecule has 2 rings (SSSR count). The Morgan fingerprint density at radius 2 is 1.65 bits per heavy atom. The van der Waals surface area contributed by atoms with Crippen molar-refractivity contribution in [2.45, 2.75) is 19.9 Å². The molecule has 26 heavy (non-hydrogen) atoms. The highest BCUT2D eigenvalue weighted by molar-refractivity contribution is 14.0. The number of hydrogen-bond acceptors (Lipinski definition) is 3. The fourth-order valence-corrected chi connectivity index (χ4v) is 2.67. The van der Waals surface area contributed by atoms with Crippen LogP contribution in [0.1, 0.15) is 16.7 Å². The summed E-state index contributed by atoms with van der Waals surface area (Å²) in [5.74, 6) is 2.55. The van der Waals surface area contributed by atoms with Crippen LogP contribution in [0.2, 0.25) is 0 Å². The van der Waals surface area contributed by atoms with Crippen LogP contribution < -0.4 is 20.1 Å². The maximum Gasteiger partial charge on any atom is 0.191 e. The van der Waals surface area contributed by atoms with Crippen LogP contribution in [0, 0.1) is 6.92 Å². The van der Waals surface area contributed by atoms with Crippen LogP contribution in [0.5, 0.6) is 11.5 Å². The number of rotatable bonds is 7. The molecule has 2 aromatic carbocycles. The summed E-state index contributed by atoms with van der Waals surface area (Å²) in [5, 5.41) is 6.65. The molecule has 0 aliphatic heterocycles. The van der Waals surface area contributed by atoms with Crippen LogP contribution in [-0.2, 0) is 13.0 Å². The van der Waals surface area contributed by atoms with E-state index in [2.05, 4.69) is 34.7 Å². The number of para-hydroxylation sites is 1. The first-order valence-corrected chi connectivity index (χ1v) is 8.38. The van der Waals surface area contributed by atoms with Crippen molar-refractivity contribution in [2.24, 2.45) is 4.99 Å². The number of ether oxygens (including phenoxy) is 2. The highest BCUT2D eigenvalue weighted by Gasteiger charge is 2.05. The maximum atomic E-state index is 5.43. The second-order valence-electron chi connectivity index (χ2n) is 5.73. The standard InChI is InChI=1S/C20H27N3O2.HI/c1-15-9-10-19(25-4)16(13-15)11-12-22-20(21-2)23-14-17-7-5-6-8-18(17)24-3;/h5-10,13H,11-12,14H2,1-4H3,(H2,21,22,23);1H. The summed E-state index contributed by atoms with van der Waals surface area (Å²) in [6, 6.07) is 14.2. The Kier molecular flexibility index (Phi) is 9.87. The van der Waals surface area contributed by atoms with Crippen molar-refractivity contribution in [1.82, 2.24) is 10.6 Å². The third kappa shape index (κ3) is 6.40. The first-order chi connectivity index (χ1) is 12.2. The molecule has 0 aromatic heterocycles. The number of hydrogen-bond donors (Lipinski definition) is 2. The Morgan fingerprint density at radius 3 is 2.35 bits per heavy atom. The van der Waals surface area contributed by atoms with Gasteiger partial charge in [-0.2, -0.15) is 0 Å². The fraction of sp³-hybridized carbons (Fsp3) is 0.350. The van der Waals surface area contributed by atoms with Gasteiger partial charge in [-0.25, -0.2) is 0 Å². The number of guanidine groups is 1. The van der Waals surface area contributed by atoms with E-state index in [0.29, 0.717) is 6.54 Å². The van der Waals surface area contributed by atoms with E-state index in [1.165, 1.54) is 11.1 Å². The third-order valence-corrected chi connectivity index (χ3v) is 3.99. The van der Waals surface area contributed by atoms with Crippen LogP contribution >= 0.6 is 24.0 Å². The van der Waals surface area contributed by atoms with Gasteiger partial charge < -0.3 is 20.1 Å². The first kappa shape index (κ1) is 22.1. The van der Waals surface area contributed by atoms with Crippen molar-refractivity contribution in [3.05, 3.63) is 59.2 Å². The van der Waals surface area contributed by atoms with Crippen molar-refractivity contribution in [2.75, 3.05) is 27.8 Å². The Balaban J connectivity index is 0.00000338. The molecule has 0 saturated carbocycles. The van der Waals surface area contributed by atoms with E-state index in [1.54, 1.807) is 21.3 Å². The number of halogens is 1. The molecule has 0 aliphatic carbocycles. The minimum Gasteiger partial charge on any atom is -0.496 e.